The predicted octanol–water partition coefficient (Wildman–Crippen LogP) is 2.83. The Bertz CT molecular complexity index is 1070. The lowest BCUT2D eigenvalue weighted by atomic mass is 10.3. The van der Waals surface area contributed by atoms with Gasteiger partial charge in [-0.1, -0.05) is 42.5 Å². The third kappa shape index (κ3) is 4.04. The second-order valence-electron chi connectivity index (χ2n) is 6.02. The molecule has 3 aromatic rings. The maximum absolute atomic E-state index is 11.7. The lowest BCUT2D eigenvalue weighted by Gasteiger charge is -2.24. The van der Waals surface area contributed by atoms with Crippen LogP contribution < -0.4 is 15.9 Å². The summed E-state index contributed by atoms with van der Waals surface area (Å²) in [5.41, 5.74) is 0. The molecule has 0 saturated carbocycles. The van der Waals surface area contributed by atoms with Crippen LogP contribution in [0.1, 0.15) is 0 Å². The number of carboxylic acid groups (broad SMARTS) is 1. The van der Waals surface area contributed by atoms with E-state index in [-0.39, 0.29) is 4.90 Å². The number of benzene rings is 3. The summed E-state index contributed by atoms with van der Waals surface area (Å²) in [6.45, 7) is 0. The van der Waals surface area contributed by atoms with Crippen LogP contribution in [-0.2, 0) is 14.9 Å². The molecule has 0 fully saturated rings. The Morgan fingerprint density at radius 1 is 0.786 bits per heavy atom. The summed E-state index contributed by atoms with van der Waals surface area (Å²) in [7, 11) is -7.04. The van der Waals surface area contributed by atoms with Gasteiger partial charge in [0, 0.05) is 6.07 Å². The largest absolute Gasteiger partial charge is 0.478 e. The summed E-state index contributed by atoms with van der Waals surface area (Å²) in [5, 5.41) is 11.7. The van der Waals surface area contributed by atoms with E-state index in [4.69, 9.17) is 0 Å². The average molecular weight is 413 g/mol. The Kier molecular flexibility index (Phi) is 5.75. The monoisotopic (exact) mass is 413 g/mol. The number of carboxylic acids is 1. The van der Waals surface area contributed by atoms with Crippen molar-refractivity contribution in [3.05, 3.63) is 96.8 Å². The topological polar surface area (TPSA) is 91.7 Å². The number of rotatable bonds is 6. The van der Waals surface area contributed by atoms with Crippen LogP contribution >= 0.6 is 7.26 Å². The van der Waals surface area contributed by atoms with E-state index < -0.39 is 23.3 Å². The van der Waals surface area contributed by atoms with Gasteiger partial charge in [0.2, 0.25) is 0 Å². The average Bonchev–Trinajstić information content (AvgIpc) is 2.70. The van der Waals surface area contributed by atoms with Gasteiger partial charge in [0.25, 0.3) is 10.1 Å². The number of hydrogen-bond donors (Lipinski definition) is 2. The van der Waals surface area contributed by atoms with Crippen LogP contribution in [0.25, 0.3) is 0 Å². The van der Waals surface area contributed by atoms with Crippen molar-refractivity contribution in [3.63, 3.8) is 0 Å². The maximum atomic E-state index is 11.7. The Labute approximate surface area is 164 Å². The van der Waals surface area contributed by atoms with Crippen molar-refractivity contribution in [3.8, 4) is 0 Å². The minimum atomic E-state index is -4.40. The molecule has 0 spiro atoms. The van der Waals surface area contributed by atoms with E-state index in [2.05, 4.69) is 0 Å². The molecule has 142 valence electrons. The first-order chi connectivity index (χ1) is 13.3. The lowest BCUT2D eigenvalue weighted by molar-refractivity contribution is -0.131. The van der Waals surface area contributed by atoms with E-state index in [1.807, 2.05) is 60.7 Å². The lowest BCUT2D eigenvalue weighted by Crippen LogP contribution is -2.30. The standard InChI is InChI=1S/C21H17O5PS/c22-21(23)14-15-27(17-8-3-1-4-9-17,18-10-5-2-6-11-18)19-12-7-13-20(16-19)28(24,25)26/h1-16H,(H-,22,23,24,25,26)/p+1/b15-14+. The summed E-state index contributed by atoms with van der Waals surface area (Å²) in [6.07, 6.45) is 1.09. The molecule has 3 aromatic carbocycles. The molecule has 0 atom stereocenters. The molecule has 5 nitrogen and oxygen atoms in total. The predicted molar refractivity (Wildman–Crippen MR) is 112 cm³/mol. The van der Waals surface area contributed by atoms with Crippen LogP contribution in [-0.4, -0.2) is 24.0 Å². The maximum Gasteiger partial charge on any atom is 0.331 e. The molecule has 0 aliphatic rings. The van der Waals surface area contributed by atoms with Gasteiger partial charge in [0.05, 0.1) is 16.8 Å². The second kappa shape index (κ2) is 8.07. The Morgan fingerprint density at radius 2 is 1.29 bits per heavy atom. The fourth-order valence-corrected chi connectivity index (χ4v) is 7.40. The first kappa shape index (κ1) is 20.0. The van der Waals surface area contributed by atoms with Crippen molar-refractivity contribution in [2.75, 3.05) is 0 Å². The SMILES string of the molecule is O=C(O)/C=C/[P+](c1ccccc1)(c1ccccc1)c1cccc(S(=O)(=O)O)c1. The van der Waals surface area contributed by atoms with E-state index >= 15 is 0 Å². The molecular weight excluding hydrogens is 395 g/mol. The summed E-state index contributed by atoms with van der Waals surface area (Å²) in [4.78, 5) is 11.1. The zero-order valence-corrected chi connectivity index (χ0v) is 16.4. The summed E-state index contributed by atoms with van der Waals surface area (Å²) >= 11 is 0. The van der Waals surface area contributed by atoms with Gasteiger partial charge in [0.1, 0.15) is 23.2 Å². The highest BCUT2D eigenvalue weighted by Gasteiger charge is 2.44. The molecular formula is C21H18O5PS+. The molecule has 0 radical (unpaired) electrons. The van der Waals surface area contributed by atoms with E-state index in [9.17, 15) is 22.9 Å². The second-order valence-corrected chi connectivity index (χ2v) is 10.7. The molecule has 0 aliphatic heterocycles. The smallest absolute Gasteiger partial charge is 0.331 e. The van der Waals surface area contributed by atoms with E-state index in [0.717, 1.165) is 16.7 Å². The third-order valence-electron chi connectivity index (χ3n) is 4.29. The fraction of sp³-hybridized carbons (Fsp3) is 0. The Hall–Kier alpha value is -2.79. The van der Waals surface area contributed by atoms with Gasteiger partial charge in [-0.2, -0.15) is 8.42 Å². The van der Waals surface area contributed by atoms with Crippen LogP contribution in [0.2, 0.25) is 0 Å². The first-order valence-electron chi connectivity index (χ1n) is 8.34. The van der Waals surface area contributed by atoms with Crippen LogP contribution in [0.15, 0.2) is 102 Å². The molecule has 0 heterocycles. The molecule has 0 bridgehead atoms. The molecule has 7 heteroatoms. The van der Waals surface area contributed by atoms with E-state index in [0.29, 0.717) is 5.30 Å². The summed E-state index contributed by atoms with van der Waals surface area (Å²) < 4.78 is 32.9. The number of hydrogen-bond acceptors (Lipinski definition) is 3. The van der Waals surface area contributed by atoms with Crippen molar-refractivity contribution < 1.29 is 22.9 Å². The fourth-order valence-electron chi connectivity index (χ4n) is 3.07. The normalized spacial score (nSPS) is 12.2. The number of carbonyl (C=O) groups is 1. The highest BCUT2D eigenvalue weighted by Crippen LogP contribution is 2.57. The molecule has 2 N–H and O–H groups in total. The van der Waals surface area contributed by atoms with Crippen molar-refractivity contribution in [2.24, 2.45) is 0 Å². The molecule has 0 aromatic heterocycles. The van der Waals surface area contributed by atoms with Gasteiger partial charge in [-0.05, 0) is 36.4 Å². The van der Waals surface area contributed by atoms with Crippen molar-refractivity contribution >= 4 is 39.3 Å². The number of aliphatic carboxylic acids is 1. The van der Waals surface area contributed by atoms with Crippen LogP contribution in [0.4, 0.5) is 0 Å². The van der Waals surface area contributed by atoms with Gasteiger partial charge >= 0.3 is 5.97 Å². The van der Waals surface area contributed by atoms with Gasteiger partial charge in [-0.25, -0.2) is 4.79 Å². The third-order valence-corrected chi connectivity index (χ3v) is 9.05. The van der Waals surface area contributed by atoms with Crippen LogP contribution in [0, 0.1) is 0 Å². The van der Waals surface area contributed by atoms with Gasteiger partial charge in [-0.15, -0.1) is 0 Å². The minimum absolute atomic E-state index is 0.232. The molecule has 0 amide bonds. The van der Waals surface area contributed by atoms with Gasteiger partial charge in [-0.3, -0.25) is 4.55 Å². The highest BCUT2D eigenvalue weighted by molar-refractivity contribution is 7.98. The van der Waals surface area contributed by atoms with Crippen molar-refractivity contribution in [2.45, 2.75) is 4.90 Å². The molecule has 28 heavy (non-hydrogen) atoms. The van der Waals surface area contributed by atoms with Gasteiger partial charge in [0.15, 0.2) is 0 Å². The molecule has 0 aliphatic carbocycles. The summed E-state index contributed by atoms with van der Waals surface area (Å²) in [5.74, 6) is 0.547. The minimum Gasteiger partial charge on any atom is -0.478 e. The van der Waals surface area contributed by atoms with Crippen LogP contribution in [0.5, 0.6) is 0 Å². The zero-order valence-electron chi connectivity index (χ0n) is 14.7. The van der Waals surface area contributed by atoms with E-state index in [1.165, 1.54) is 12.1 Å². The van der Waals surface area contributed by atoms with Crippen molar-refractivity contribution in [1.29, 1.82) is 0 Å². The summed E-state index contributed by atoms with van der Waals surface area (Å²) in [6, 6.07) is 24.8. The quantitative estimate of drug-likeness (QED) is 0.368. The van der Waals surface area contributed by atoms with Crippen LogP contribution in [0.3, 0.4) is 0 Å². The first-order valence-corrected chi connectivity index (χ1v) is 11.6. The van der Waals surface area contributed by atoms with Crippen molar-refractivity contribution in [1.82, 2.24) is 0 Å². The Balaban J connectivity index is 2.41. The van der Waals surface area contributed by atoms with Gasteiger partial charge < -0.3 is 5.11 Å². The molecule has 0 unspecified atom stereocenters. The Morgan fingerprint density at radius 3 is 1.75 bits per heavy atom. The van der Waals surface area contributed by atoms with E-state index in [1.54, 1.807) is 17.9 Å². The molecule has 3 rings (SSSR count). The highest BCUT2D eigenvalue weighted by atomic mass is 32.2. The molecule has 0 saturated heterocycles. The zero-order chi connectivity index (χ0) is 20.2.